The molecular weight excluding hydrogens is 236 g/mol. The number of pyridine rings is 1. The number of aromatic nitrogens is 1. The molecule has 2 heterocycles. The van der Waals surface area contributed by atoms with Crippen LogP contribution in [0.5, 0.6) is 0 Å². The van der Waals surface area contributed by atoms with Crippen molar-refractivity contribution >= 4 is 0 Å². The van der Waals surface area contributed by atoms with Crippen molar-refractivity contribution in [3.63, 3.8) is 0 Å². The van der Waals surface area contributed by atoms with E-state index in [1.54, 1.807) is 0 Å². The van der Waals surface area contributed by atoms with E-state index in [0.29, 0.717) is 12.1 Å². The van der Waals surface area contributed by atoms with Crippen LogP contribution in [0.4, 0.5) is 0 Å². The van der Waals surface area contributed by atoms with Crippen LogP contribution < -0.4 is 5.32 Å². The molecule has 0 saturated carbocycles. The van der Waals surface area contributed by atoms with Gasteiger partial charge in [-0.2, -0.15) is 0 Å². The van der Waals surface area contributed by atoms with Crippen LogP contribution in [-0.2, 0) is 4.74 Å². The highest BCUT2D eigenvalue weighted by Gasteiger charge is 2.17. The van der Waals surface area contributed by atoms with Gasteiger partial charge in [0.2, 0.25) is 0 Å². The predicted octanol–water partition coefficient (Wildman–Crippen LogP) is 3.39. The van der Waals surface area contributed by atoms with Crippen LogP contribution in [0.25, 0.3) is 0 Å². The SMILES string of the molecule is CCNC(CCCC1CCCO1)c1cc(C)ccn1. The molecule has 0 aromatic carbocycles. The molecule has 19 heavy (non-hydrogen) atoms. The van der Waals surface area contributed by atoms with E-state index in [4.69, 9.17) is 4.74 Å². The number of nitrogens with zero attached hydrogens (tertiary/aromatic N) is 1. The predicted molar refractivity (Wildman–Crippen MR) is 78.2 cm³/mol. The average molecular weight is 262 g/mol. The molecule has 0 amide bonds. The molecular formula is C16H26N2O. The Bertz CT molecular complexity index is 375. The minimum absolute atomic E-state index is 0.381. The summed E-state index contributed by atoms with van der Waals surface area (Å²) in [6, 6.07) is 4.63. The zero-order chi connectivity index (χ0) is 13.5. The summed E-state index contributed by atoms with van der Waals surface area (Å²) in [7, 11) is 0. The summed E-state index contributed by atoms with van der Waals surface area (Å²) < 4.78 is 5.68. The third-order valence-electron chi connectivity index (χ3n) is 3.79. The monoisotopic (exact) mass is 262 g/mol. The van der Waals surface area contributed by atoms with Crippen molar-refractivity contribution < 1.29 is 4.74 Å². The summed E-state index contributed by atoms with van der Waals surface area (Å²) in [5, 5.41) is 3.55. The zero-order valence-corrected chi connectivity index (χ0v) is 12.2. The van der Waals surface area contributed by atoms with Gasteiger partial charge >= 0.3 is 0 Å². The molecule has 1 saturated heterocycles. The van der Waals surface area contributed by atoms with Gasteiger partial charge in [-0.25, -0.2) is 0 Å². The summed E-state index contributed by atoms with van der Waals surface area (Å²) in [5.74, 6) is 0. The van der Waals surface area contributed by atoms with Gasteiger partial charge in [0.05, 0.1) is 11.8 Å². The van der Waals surface area contributed by atoms with Crippen molar-refractivity contribution in [3.05, 3.63) is 29.6 Å². The Morgan fingerprint density at radius 1 is 1.53 bits per heavy atom. The molecule has 2 rings (SSSR count). The average Bonchev–Trinajstić information content (AvgIpc) is 2.91. The van der Waals surface area contributed by atoms with Gasteiger partial charge in [-0.3, -0.25) is 4.98 Å². The van der Waals surface area contributed by atoms with Crippen LogP contribution in [0.2, 0.25) is 0 Å². The second kappa shape index (κ2) is 7.61. The molecule has 0 spiro atoms. The highest BCUT2D eigenvalue weighted by Crippen LogP contribution is 2.22. The quantitative estimate of drug-likeness (QED) is 0.818. The van der Waals surface area contributed by atoms with Gasteiger partial charge in [-0.05, 0) is 63.3 Å². The molecule has 3 nitrogen and oxygen atoms in total. The maximum Gasteiger partial charge on any atom is 0.0576 e. The molecule has 0 radical (unpaired) electrons. The molecule has 1 fully saturated rings. The minimum atomic E-state index is 0.381. The van der Waals surface area contributed by atoms with Crippen LogP contribution in [0, 0.1) is 6.92 Å². The summed E-state index contributed by atoms with van der Waals surface area (Å²) >= 11 is 0. The van der Waals surface area contributed by atoms with Crippen LogP contribution in [0.1, 0.15) is 56.3 Å². The lowest BCUT2D eigenvalue weighted by Crippen LogP contribution is -2.22. The third-order valence-corrected chi connectivity index (χ3v) is 3.79. The topological polar surface area (TPSA) is 34.1 Å². The third kappa shape index (κ3) is 4.59. The first kappa shape index (κ1) is 14.5. The number of ether oxygens (including phenoxy) is 1. The molecule has 1 aromatic heterocycles. The highest BCUT2D eigenvalue weighted by atomic mass is 16.5. The van der Waals surface area contributed by atoms with Crippen molar-refractivity contribution in [2.24, 2.45) is 0 Å². The summed E-state index contributed by atoms with van der Waals surface area (Å²) in [6.45, 7) is 6.23. The van der Waals surface area contributed by atoms with Crippen LogP contribution in [0.15, 0.2) is 18.3 Å². The van der Waals surface area contributed by atoms with E-state index in [1.165, 1.54) is 36.9 Å². The van der Waals surface area contributed by atoms with Crippen LogP contribution >= 0.6 is 0 Å². The fourth-order valence-corrected chi connectivity index (χ4v) is 2.77. The van der Waals surface area contributed by atoms with Crippen molar-refractivity contribution in [1.29, 1.82) is 0 Å². The fourth-order valence-electron chi connectivity index (χ4n) is 2.77. The summed E-state index contributed by atoms with van der Waals surface area (Å²) in [5.41, 5.74) is 2.46. The smallest absolute Gasteiger partial charge is 0.0576 e. The largest absolute Gasteiger partial charge is 0.378 e. The molecule has 1 aliphatic heterocycles. The Morgan fingerprint density at radius 2 is 2.42 bits per heavy atom. The highest BCUT2D eigenvalue weighted by molar-refractivity contribution is 5.17. The van der Waals surface area contributed by atoms with E-state index < -0.39 is 0 Å². The molecule has 0 aliphatic carbocycles. The van der Waals surface area contributed by atoms with Gasteiger partial charge in [0.1, 0.15) is 0 Å². The lowest BCUT2D eigenvalue weighted by atomic mass is 10.0. The Balaban J connectivity index is 1.84. The van der Waals surface area contributed by atoms with Crippen molar-refractivity contribution in [2.45, 2.75) is 58.1 Å². The van der Waals surface area contributed by atoms with E-state index in [2.05, 4.69) is 36.3 Å². The zero-order valence-electron chi connectivity index (χ0n) is 12.2. The fraction of sp³-hybridized carbons (Fsp3) is 0.688. The number of nitrogens with one attached hydrogen (secondary N) is 1. The summed E-state index contributed by atoms with van der Waals surface area (Å²) in [6.07, 6.45) is 8.44. The number of hydrogen-bond donors (Lipinski definition) is 1. The first-order chi connectivity index (χ1) is 9.29. The standard InChI is InChI=1S/C16H26N2O/c1-3-17-15(16-12-13(2)9-10-18-16)8-4-6-14-7-5-11-19-14/h9-10,12,14-15,17H,3-8,11H2,1-2H3. The van der Waals surface area contributed by atoms with E-state index in [1.807, 2.05) is 6.20 Å². The molecule has 1 aromatic rings. The molecule has 2 unspecified atom stereocenters. The van der Waals surface area contributed by atoms with Crippen LogP contribution in [0.3, 0.4) is 0 Å². The van der Waals surface area contributed by atoms with Crippen molar-refractivity contribution in [1.82, 2.24) is 10.3 Å². The Labute approximate surface area is 116 Å². The number of aryl methyl sites for hydroxylation is 1. The normalized spacial score (nSPS) is 20.6. The van der Waals surface area contributed by atoms with E-state index in [0.717, 1.165) is 19.6 Å². The maximum absolute atomic E-state index is 5.68. The first-order valence-electron chi connectivity index (χ1n) is 7.57. The maximum atomic E-state index is 5.68. The lowest BCUT2D eigenvalue weighted by Gasteiger charge is -2.18. The van der Waals surface area contributed by atoms with Gasteiger partial charge in [0.25, 0.3) is 0 Å². The van der Waals surface area contributed by atoms with E-state index in [9.17, 15) is 0 Å². The molecule has 1 aliphatic rings. The first-order valence-corrected chi connectivity index (χ1v) is 7.57. The lowest BCUT2D eigenvalue weighted by molar-refractivity contribution is 0.101. The van der Waals surface area contributed by atoms with E-state index in [-0.39, 0.29) is 0 Å². The van der Waals surface area contributed by atoms with Gasteiger partial charge in [-0.1, -0.05) is 6.92 Å². The Hall–Kier alpha value is -0.930. The molecule has 0 bridgehead atoms. The molecule has 2 atom stereocenters. The Morgan fingerprint density at radius 3 is 3.11 bits per heavy atom. The van der Waals surface area contributed by atoms with Gasteiger partial charge < -0.3 is 10.1 Å². The minimum Gasteiger partial charge on any atom is -0.378 e. The van der Waals surface area contributed by atoms with Gasteiger partial charge in [0.15, 0.2) is 0 Å². The van der Waals surface area contributed by atoms with Gasteiger partial charge in [-0.15, -0.1) is 0 Å². The number of rotatable bonds is 7. The molecule has 1 N–H and O–H groups in total. The Kier molecular flexibility index (Phi) is 5.80. The second-order valence-corrected chi connectivity index (χ2v) is 5.43. The number of hydrogen-bond acceptors (Lipinski definition) is 3. The molecule has 3 heteroatoms. The van der Waals surface area contributed by atoms with Crippen LogP contribution in [-0.4, -0.2) is 24.2 Å². The molecule has 106 valence electrons. The van der Waals surface area contributed by atoms with Crippen molar-refractivity contribution in [3.8, 4) is 0 Å². The summed E-state index contributed by atoms with van der Waals surface area (Å²) in [4.78, 5) is 4.52. The van der Waals surface area contributed by atoms with Crippen molar-refractivity contribution in [2.75, 3.05) is 13.2 Å². The van der Waals surface area contributed by atoms with E-state index >= 15 is 0 Å². The second-order valence-electron chi connectivity index (χ2n) is 5.43. The van der Waals surface area contributed by atoms with Gasteiger partial charge in [0, 0.05) is 18.8 Å².